The number of hydrazine groups is 2. The molecule has 2 fully saturated rings. The number of rotatable bonds is 2. The molecule has 1 N–H and O–H groups in total. The Balaban J connectivity index is 1.86. The van der Waals surface area contributed by atoms with Crippen LogP contribution in [0.1, 0.15) is 25.7 Å². The molecule has 0 aromatic carbocycles. The number of hydrogen-bond acceptors (Lipinski definition) is 8. The molecular formula is C11H18N5O3P-2. The molecule has 0 amide bonds. The molecule has 3 aliphatic heterocycles. The topological polar surface area (TPSA) is 97.3 Å². The van der Waals surface area contributed by atoms with Crippen molar-refractivity contribution in [2.45, 2.75) is 25.7 Å². The number of amidine groups is 1. The Labute approximate surface area is 117 Å². The summed E-state index contributed by atoms with van der Waals surface area (Å²) in [5.41, 5.74) is 2.30. The van der Waals surface area contributed by atoms with Crippen molar-refractivity contribution in [2.24, 2.45) is 5.10 Å². The molecule has 3 rings (SSSR count). The van der Waals surface area contributed by atoms with Gasteiger partial charge in [-0.25, -0.2) is 0 Å². The first kappa shape index (κ1) is 13.9. The van der Waals surface area contributed by atoms with Crippen molar-refractivity contribution in [3.63, 3.8) is 0 Å². The van der Waals surface area contributed by atoms with E-state index in [9.17, 15) is 14.4 Å². The van der Waals surface area contributed by atoms with Crippen LogP contribution < -0.4 is 15.2 Å². The largest absolute Gasteiger partial charge is 0.806 e. The molecule has 112 valence electrons. The van der Waals surface area contributed by atoms with Crippen LogP contribution in [0.4, 0.5) is 0 Å². The summed E-state index contributed by atoms with van der Waals surface area (Å²) in [7, 11) is -4.82. The third kappa shape index (κ3) is 2.83. The first-order valence-electron chi connectivity index (χ1n) is 6.93. The van der Waals surface area contributed by atoms with Crippen molar-refractivity contribution in [1.82, 2.24) is 20.6 Å². The van der Waals surface area contributed by atoms with Crippen LogP contribution in [-0.2, 0) is 4.57 Å². The van der Waals surface area contributed by atoms with Crippen molar-refractivity contribution in [3.05, 3.63) is 11.5 Å². The lowest BCUT2D eigenvalue weighted by atomic mass is 10.4. The molecule has 0 aromatic heterocycles. The van der Waals surface area contributed by atoms with Gasteiger partial charge >= 0.3 is 0 Å². The Kier molecular flexibility index (Phi) is 3.72. The molecule has 0 aliphatic carbocycles. The zero-order valence-corrected chi connectivity index (χ0v) is 12.1. The van der Waals surface area contributed by atoms with E-state index >= 15 is 0 Å². The van der Waals surface area contributed by atoms with Gasteiger partial charge in [-0.1, -0.05) is 0 Å². The van der Waals surface area contributed by atoms with Gasteiger partial charge < -0.3 is 19.3 Å². The van der Waals surface area contributed by atoms with E-state index < -0.39 is 7.60 Å². The molecule has 20 heavy (non-hydrogen) atoms. The van der Waals surface area contributed by atoms with E-state index in [-0.39, 0.29) is 5.44 Å². The maximum Gasteiger partial charge on any atom is 0.154 e. The highest BCUT2D eigenvalue weighted by Gasteiger charge is 2.26. The van der Waals surface area contributed by atoms with Gasteiger partial charge in [0.25, 0.3) is 0 Å². The predicted molar refractivity (Wildman–Crippen MR) is 69.7 cm³/mol. The zero-order valence-electron chi connectivity index (χ0n) is 11.2. The summed E-state index contributed by atoms with van der Waals surface area (Å²) in [5, 5.41) is 7.76. The third-order valence-corrected chi connectivity index (χ3v) is 4.57. The van der Waals surface area contributed by atoms with Crippen molar-refractivity contribution in [3.8, 4) is 0 Å². The number of nitrogens with one attached hydrogen (secondary N) is 1. The van der Waals surface area contributed by atoms with Gasteiger partial charge in [-0.2, -0.15) is 5.01 Å². The highest BCUT2D eigenvalue weighted by atomic mass is 31.2. The fourth-order valence-corrected chi connectivity index (χ4v) is 3.16. The first-order chi connectivity index (χ1) is 9.54. The molecule has 2 saturated heterocycles. The minimum Gasteiger partial charge on any atom is -0.806 e. The van der Waals surface area contributed by atoms with Crippen LogP contribution in [0.2, 0.25) is 0 Å². The van der Waals surface area contributed by atoms with Gasteiger partial charge in [0.2, 0.25) is 0 Å². The second-order valence-corrected chi connectivity index (χ2v) is 6.72. The summed E-state index contributed by atoms with van der Waals surface area (Å²) < 4.78 is 11.3. The Hall–Kier alpha value is -1.08. The van der Waals surface area contributed by atoms with Gasteiger partial charge in [0, 0.05) is 32.3 Å². The molecule has 9 heteroatoms. The maximum atomic E-state index is 11.3. The van der Waals surface area contributed by atoms with E-state index in [0.29, 0.717) is 5.84 Å². The molecule has 3 aliphatic rings. The Morgan fingerprint density at radius 2 is 1.70 bits per heavy atom. The summed E-state index contributed by atoms with van der Waals surface area (Å²) in [6.45, 7) is 3.30. The van der Waals surface area contributed by atoms with Crippen LogP contribution in [-0.4, -0.2) is 47.2 Å². The lowest BCUT2D eigenvalue weighted by Crippen LogP contribution is -2.50. The van der Waals surface area contributed by atoms with Gasteiger partial charge in [0.15, 0.2) is 5.84 Å². The van der Waals surface area contributed by atoms with E-state index in [1.165, 1.54) is 11.3 Å². The van der Waals surface area contributed by atoms with E-state index in [2.05, 4.69) is 10.5 Å². The van der Waals surface area contributed by atoms with Gasteiger partial charge in [-0.3, -0.25) is 5.43 Å². The molecular weight excluding hydrogens is 281 g/mol. The molecule has 0 saturated carbocycles. The van der Waals surface area contributed by atoms with E-state index in [1.54, 1.807) is 0 Å². The second-order valence-electron chi connectivity index (χ2n) is 5.24. The van der Waals surface area contributed by atoms with Crippen molar-refractivity contribution >= 4 is 13.4 Å². The van der Waals surface area contributed by atoms with Gasteiger partial charge in [-0.05, 0) is 33.3 Å². The average molecular weight is 299 g/mol. The van der Waals surface area contributed by atoms with Crippen molar-refractivity contribution < 1.29 is 14.4 Å². The second kappa shape index (κ2) is 5.37. The molecule has 8 nitrogen and oxygen atoms in total. The van der Waals surface area contributed by atoms with Crippen molar-refractivity contribution in [2.75, 3.05) is 26.2 Å². The summed E-state index contributed by atoms with van der Waals surface area (Å²) in [4.78, 5) is 24.7. The van der Waals surface area contributed by atoms with Crippen LogP contribution in [0, 0.1) is 0 Å². The lowest BCUT2D eigenvalue weighted by Gasteiger charge is -2.41. The quantitative estimate of drug-likeness (QED) is 0.652. The smallest absolute Gasteiger partial charge is 0.154 e. The molecule has 0 radical (unpaired) electrons. The summed E-state index contributed by atoms with van der Waals surface area (Å²) in [6.07, 6.45) is 5.55. The minimum atomic E-state index is -4.82. The molecule has 0 unspecified atom stereocenters. The van der Waals surface area contributed by atoms with Crippen LogP contribution in [0.15, 0.2) is 16.6 Å². The fraction of sp³-hybridized carbons (Fsp3) is 0.727. The highest BCUT2D eigenvalue weighted by Crippen LogP contribution is 2.35. The number of hydrazone groups is 1. The highest BCUT2D eigenvalue weighted by molar-refractivity contribution is 7.53. The van der Waals surface area contributed by atoms with Gasteiger partial charge in [0.05, 0.1) is 5.44 Å². The normalized spacial score (nSPS) is 24.7. The Bertz CT molecular complexity index is 476. The monoisotopic (exact) mass is 299 g/mol. The van der Waals surface area contributed by atoms with Crippen molar-refractivity contribution in [1.29, 1.82) is 0 Å². The SMILES string of the molecule is O=P([O-])([O-])C1=CC(N2CCCC2)=NN(N2CCCC2)N1. The lowest BCUT2D eigenvalue weighted by molar-refractivity contribution is -0.311. The van der Waals surface area contributed by atoms with E-state index in [4.69, 9.17) is 0 Å². The zero-order chi connectivity index (χ0) is 14.2. The molecule has 0 aromatic rings. The van der Waals surface area contributed by atoms with Gasteiger partial charge in [0.1, 0.15) is 0 Å². The fourth-order valence-electron chi connectivity index (χ4n) is 2.67. The van der Waals surface area contributed by atoms with Crippen LogP contribution in [0.25, 0.3) is 0 Å². The first-order valence-corrected chi connectivity index (χ1v) is 8.48. The van der Waals surface area contributed by atoms with Crippen LogP contribution in [0.3, 0.4) is 0 Å². The number of hydrogen-bond donors (Lipinski definition) is 1. The third-order valence-electron chi connectivity index (χ3n) is 3.75. The maximum absolute atomic E-state index is 11.3. The minimum absolute atomic E-state index is 0.304. The number of nitrogens with zero attached hydrogens (tertiary/aromatic N) is 4. The standard InChI is InChI=1S/C11H20N5O3P/c17-20(18,19)11-9-10(14-5-1-2-6-14)12-16(13-11)15-7-3-4-8-15/h9,13H,1-8H2,(H2,17,18,19)/p-2. The average Bonchev–Trinajstić information content (AvgIpc) is 3.10. The Morgan fingerprint density at radius 1 is 1.10 bits per heavy atom. The van der Waals surface area contributed by atoms with Crippen LogP contribution in [0.5, 0.6) is 0 Å². The van der Waals surface area contributed by atoms with Crippen LogP contribution >= 0.6 is 7.60 Å². The summed E-state index contributed by atoms with van der Waals surface area (Å²) in [5.74, 6) is 0.551. The Morgan fingerprint density at radius 3 is 2.30 bits per heavy atom. The molecule has 0 bridgehead atoms. The molecule has 0 spiro atoms. The van der Waals surface area contributed by atoms with E-state index in [1.807, 2.05) is 9.91 Å². The summed E-state index contributed by atoms with van der Waals surface area (Å²) >= 11 is 0. The van der Waals surface area contributed by atoms with Gasteiger partial charge in [-0.15, -0.1) is 10.3 Å². The summed E-state index contributed by atoms with van der Waals surface area (Å²) in [6, 6.07) is 0. The molecule has 3 heterocycles. The predicted octanol–water partition coefficient (Wildman–Crippen LogP) is -1.02. The van der Waals surface area contributed by atoms with E-state index in [0.717, 1.165) is 51.9 Å². The number of likely N-dealkylation sites (tertiary alicyclic amines) is 1. The molecule has 0 atom stereocenters.